The van der Waals surface area contributed by atoms with Gasteiger partial charge in [-0.05, 0) is 35.4 Å². The molecule has 0 aliphatic carbocycles. The molecule has 0 spiro atoms. The fraction of sp³-hybridized carbons (Fsp3) is 0.154. The van der Waals surface area contributed by atoms with Crippen LogP contribution >= 0.6 is 11.6 Å². The predicted octanol–water partition coefficient (Wildman–Crippen LogP) is 2.48. The van der Waals surface area contributed by atoms with Crippen molar-refractivity contribution in [3.8, 4) is 0 Å². The second-order valence-corrected chi connectivity index (χ2v) is 4.66. The molecule has 3 rings (SSSR count). The van der Waals surface area contributed by atoms with Crippen molar-refractivity contribution >= 4 is 23.2 Å². The van der Waals surface area contributed by atoms with E-state index in [0.717, 1.165) is 16.8 Å². The summed E-state index contributed by atoms with van der Waals surface area (Å²) in [4.78, 5) is 11.3. The third-order valence-corrected chi connectivity index (χ3v) is 3.36. The first-order valence-electron chi connectivity index (χ1n) is 5.56. The van der Waals surface area contributed by atoms with Crippen LogP contribution in [0.4, 0.5) is 5.69 Å². The van der Waals surface area contributed by atoms with Crippen LogP contribution in [0.1, 0.15) is 22.9 Å². The van der Waals surface area contributed by atoms with E-state index >= 15 is 0 Å². The van der Waals surface area contributed by atoms with Gasteiger partial charge in [0.25, 0.3) is 0 Å². The molecule has 1 aliphatic heterocycles. The van der Waals surface area contributed by atoms with E-state index in [-0.39, 0.29) is 5.91 Å². The Balaban J connectivity index is 2.03. The Bertz CT molecular complexity index is 608. The molecule has 92 valence electrons. The second kappa shape index (κ2) is 4.15. The Morgan fingerprint density at radius 1 is 1.44 bits per heavy atom. The highest BCUT2D eigenvalue weighted by Crippen LogP contribution is 2.34. The summed E-state index contributed by atoms with van der Waals surface area (Å²) in [5.41, 5.74) is 8.55. The zero-order valence-corrected chi connectivity index (χ0v) is 10.2. The Hall–Kier alpha value is -1.78. The van der Waals surface area contributed by atoms with Gasteiger partial charge in [0, 0.05) is 10.7 Å². The van der Waals surface area contributed by atoms with E-state index in [4.69, 9.17) is 21.8 Å². The molecule has 3 N–H and O–H groups in total. The number of amides is 1. The van der Waals surface area contributed by atoms with Crippen LogP contribution < -0.4 is 11.1 Å². The van der Waals surface area contributed by atoms with Crippen molar-refractivity contribution in [1.29, 1.82) is 0 Å². The summed E-state index contributed by atoms with van der Waals surface area (Å²) in [5.74, 6) is 0.624. The van der Waals surface area contributed by atoms with Crippen molar-refractivity contribution in [2.24, 2.45) is 5.73 Å². The number of halogens is 1. The lowest BCUT2D eigenvalue weighted by Crippen LogP contribution is -2.11. The van der Waals surface area contributed by atoms with Gasteiger partial charge in [-0.25, -0.2) is 0 Å². The van der Waals surface area contributed by atoms with Crippen LogP contribution in [0.15, 0.2) is 34.9 Å². The number of carbonyl (C=O) groups excluding carboxylic acids is 1. The topological polar surface area (TPSA) is 68.3 Å². The highest BCUT2D eigenvalue weighted by molar-refractivity contribution is 6.32. The molecule has 1 aliphatic rings. The average molecular weight is 263 g/mol. The van der Waals surface area contributed by atoms with Gasteiger partial charge in [0.1, 0.15) is 5.76 Å². The molecule has 0 radical (unpaired) electrons. The number of hydrogen-bond acceptors (Lipinski definition) is 3. The Morgan fingerprint density at radius 2 is 2.28 bits per heavy atom. The van der Waals surface area contributed by atoms with Crippen LogP contribution in [0.5, 0.6) is 0 Å². The monoisotopic (exact) mass is 262 g/mol. The second-order valence-electron chi connectivity index (χ2n) is 4.25. The first kappa shape index (κ1) is 11.3. The van der Waals surface area contributed by atoms with Gasteiger partial charge in [0.05, 0.1) is 18.7 Å². The maximum Gasteiger partial charge on any atom is 0.228 e. The number of rotatable bonds is 2. The number of benzene rings is 1. The lowest BCUT2D eigenvalue weighted by atomic mass is 10.0. The normalized spacial score (nSPS) is 15.3. The van der Waals surface area contributed by atoms with Gasteiger partial charge in [0.2, 0.25) is 5.91 Å². The third-order valence-electron chi connectivity index (χ3n) is 3.03. The molecule has 1 aromatic heterocycles. The summed E-state index contributed by atoms with van der Waals surface area (Å²) in [7, 11) is 0. The van der Waals surface area contributed by atoms with Crippen molar-refractivity contribution in [1.82, 2.24) is 0 Å². The molecular weight excluding hydrogens is 252 g/mol. The number of furan rings is 1. The van der Waals surface area contributed by atoms with Gasteiger partial charge >= 0.3 is 0 Å². The van der Waals surface area contributed by atoms with Crippen LogP contribution in [-0.4, -0.2) is 5.91 Å². The average Bonchev–Trinajstić information content (AvgIpc) is 2.94. The van der Waals surface area contributed by atoms with Gasteiger partial charge in [-0.3, -0.25) is 4.79 Å². The fourth-order valence-electron chi connectivity index (χ4n) is 2.13. The van der Waals surface area contributed by atoms with E-state index in [1.807, 2.05) is 6.07 Å². The Labute approximate surface area is 109 Å². The standard InChI is InChI=1S/C13H11ClN2O2/c14-9-6-10-7(5-12(17)16-10)4-8(9)13(15)11-2-1-3-18-11/h1-4,6,13H,5,15H2,(H,16,17). The summed E-state index contributed by atoms with van der Waals surface area (Å²) in [6.07, 6.45) is 1.94. The molecule has 0 bridgehead atoms. The minimum absolute atomic E-state index is 0.0233. The third kappa shape index (κ3) is 1.79. The molecule has 2 aromatic rings. The first-order chi connectivity index (χ1) is 8.65. The molecule has 5 heteroatoms. The van der Waals surface area contributed by atoms with Crippen molar-refractivity contribution < 1.29 is 9.21 Å². The number of carbonyl (C=O) groups is 1. The van der Waals surface area contributed by atoms with Gasteiger partial charge in [-0.1, -0.05) is 11.6 Å². The zero-order chi connectivity index (χ0) is 12.7. The largest absolute Gasteiger partial charge is 0.467 e. The van der Waals surface area contributed by atoms with Gasteiger partial charge in [0.15, 0.2) is 0 Å². The molecule has 1 atom stereocenters. The molecule has 0 saturated carbocycles. The van der Waals surface area contributed by atoms with E-state index in [1.54, 1.807) is 24.5 Å². The molecule has 0 fully saturated rings. The number of fused-ring (bicyclic) bond motifs is 1. The van der Waals surface area contributed by atoms with Crippen molar-refractivity contribution in [2.75, 3.05) is 5.32 Å². The molecule has 0 saturated heterocycles. The smallest absolute Gasteiger partial charge is 0.228 e. The number of anilines is 1. The van der Waals surface area contributed by atoms with E-state index in [2.05, 4.69) is 5.32 Å². The summed E-state index contributed by atoms with van der Waals surface area (Å²) in [5, 5.41) is 3.28. The summed E-state index contributed by atoms with van der Waals surface area (Å²) >= 11 is 6.19. The Kier molecular flexibility index (Phi) is 2.61. The van der Waals surface area contributed by atoms with Gasteiger partial charge in [-0.15, -0.1) is 0 Å². The van der Waals surface area contributed by atoms with Crippen molar-refractivity contribution in [3.05, 3.63) is 52.4 Å². The van der Waals surface area contributed by atoms with Crippen LogP contribution in [-0.2, 0) is 11.2 Å². The summed E-state index contributed by atoms with van der Waals surface area (Å²) < 4.78 is 5.28. The Morgan fingerprint density at radius 3 is 3.00 bits per heavy atom. The van der Waals surface area contributed by atoms with E-state index < -0.39 is 6.04 Å². The number of nitrogens with two attached hydrogens (primary N) is 1. The summed E-state index contributed by atoms with van der Waals surface area (Å²) in [6, 6.07) is 6.76. The van der Waals surface area contributed by atoms with E-state index in [0.29, 0.717) is 17.2 Å². The predicted molar refractivity (Wildman–Crippen MR) is 68.5 cm³/mol. The maximum absolute atomic E-state index is 11.3. The fourth-order valence-corrected chi connectivity index (χ4v) is 2.41. The molecule has 18 heavy (non-hydrogen) atoms. The quantitative estimate of drug-likeness (QED) is 0.874. The van der Waals surface area contributed by atoms with Crippen LogP contribution in [0.3, 0.4) is 0 Å². The molecule has 1 amide bonds. The minimum atomic E-state index is -0.423. The molecule has 1 unspecified atom stereocenters. The van der Waals surface area contributed by atoms with E-state index in [9.17, 15) is 4.79 Å². The van der Waals surface area contributed by atoms with Crippen LogP contribution in [0, 0.1) is 0 Å². The van der Waals surface area contributed by atoms with Gasteiger partial charge < -0.3 is 15.5 Å². The van der Waals surface area contributed by atoms with Crippen LogP contribution in [0.25, 0.3) is 0 Å². The zero-order valence-electron chi connectivity index (χ0n) is 9.44. The molecule has 2 heterocycles. The number of hydrogen-bond donors (Lipinski definition) is 2. The maximum atomic E-state index is 11.3. The molecule has 1 aromatic carbocycles. The minimum Gasteiger partial charge on any atom is -0.467 e. The van der Waals surface area contributed by atoms with Crippen LogP contribution in [0.2, 0.25) is 5.02 Å². The lowest BCUT2D eigenvalue weighted by Gasteiger charge is -2.13. The van der Waals surface area contributed by atoms with Gasteiger partial charge in [-0.2, -0.15) is 0 Å². The number of nitrogens with one attached hydrogen (secondary N) is 1. The highest BCUT2D eigenvalue weighted by atomic mass is 35.5. The summed E-state index contributed by atoms with van der Waals surface area (Å²) in [6.45, 7) is 0. The van der Waals surface area contributed by atoms with E-state index in [1.165, 1.54) is 0 Å². The first-order valence-corrected chi connectivity index (χ1v) is 5.94. The van der Waals surface area contributed by atoms with Crippen molar-refractivity contribution in [2.45, 2.75) is 12.5 Å². The van der Waals surface area contributed by atoms with Crippen molar-refractivity contribution in [3.63, 3.8) is 0 Å². The molecule has 4 nitrogen and oxygen atoms in total. The molecular formula is C13H11ClN2O2. The SMILES string of the molecule is NC(c1ccco1)c1cc2c(cc1Cl)NC(=O)C2. The highest BCUT2D eigenvalue weighted by Gasteiger charge is 2.22. The lowest BCUT2D eigenvalue weighted by molar-refractivity contribution is -0.115.